The van der Waals surface area contributed by atoms with Gasteiger partial charge in [0.25, 0.3) is 5.91 Å². The van der Waals surface area contributed by atoms with Gasteiger partial charge in [-0.2, -0.15) is 18.3 Å². The van der Waals surface area contributed by atoms with Crippen LogP contribution in [0.5, 0.6) is 0 Å². The van der Waals surface area contributed by atoms with Crippen LogP contribution in [-0.4, -0.2) is 30.8 Å². The van der Waals surface area contributed by atoms with E-state index in [2.05, 4.69) is 36.5 Å². The summed E-state index contributed by atoms with van der Waals surface area (Å²) in [5, 5.41) is 23.5. The Hall–Kier alpha value is -3.22. The Kier molecular flexibility index (Phi) is 5.65. The molecule has 0 bridgehead atoms. The van der Waals surface area contributed by atoms with E-state index in [1.807, 2.05) is 0 Å². The highest BCUT2D eigenvalue weighted by molar-refractivity contribution is 9.10. The number of carbonyl (C=O) groups is 1. The van der Waals surface area contributed by atoms with Gasteiger partial charge in [0.1, 0.15) is 4.47 Å². The molecule has 0 atom stereocenters. The van der Waals surface area contributed by atoms with Gasteiger partial charge in [0.2, 0.25) is 0 Å². The number of H-pyrrole nitrogens is 1. The summed E-state index contributed by atoms with van der Waals surface area (Å²) in [6.07, 6.45) is -4.45. The number of carbonyl (C=O) groups excluding carboxylic acids is 1. The summed E-state index contributed by atoms with van der Waals surface area (Å²) in [5.74, 6) is -1.18. The minimum atomic E-state index is -4.45. The molecule has 158 valence electrons. The molecule has 2 N–H and O–H groups in total. The van der Waals surface area contributed by atoms with E-state index in [0.29, 0.717) is 22.6 Å². The summed E-state index contributed by atoms with van der Waals surface area (Å²) in [4.78, 5) is 22.6. The molecule has 0 spiro atoms. The first-order chi connectivity index (χ1) is 14.0. The van der Waals surface area contributed by atoms with Gasteiger partial charge in [-0.25, -0.2) is 0 Å². The van der Waals surface area contributed by atoms with Crippen molar-refractivity contribution < 1.29 is 22.9 Å². The van der Waals surface area contributed by atoms with Crippen LogP contribution in [0.4, 0.5) is 24.7 Å². The van der Waals surface area contributed by atoms with E-state index < -0.39 is 28.4 Å². The van der Waals surface area contributed by atoms with Gasteiger partial charge in [-0.3, -0.25) is 9.48 Å². The molecule has 0 saturated heterocycles. The highest BCUT2D eigenvalue weighted by atomic mass is 79.9. The van der Waals surface area contributed by atoms with E-state index >= 15 is 0 Å². The number of rotatable bonds is 5. The number of hydrogen-bond acceptors (Lipinski definition) is 5. The van der Waals surface area contributed by atoms with Crippen molar-refractivity contribution in [3.63, 3.8) is 0 Å². The third kappa shape index (κ3) is 4.20. The normalized spacial score (nSPS) is 11.5. The Morgan fingerprint density at radius 2 is 2.07 bits per heavy atom. The topological polar surface area (TPSA) is 119 Å². The summed E-state index contributed by atoms with van der Waals surface area (Å²) >= 11 is 2.97. The number of anilines is 1. The van der Waals surface area contributed by atoms with Crippen molar-refractivity contribution >= 4 is 33.3 Å². The maximum absolute atomic E-state index is 12.9. The van der Waals surface area contributed by atoms with Crippen LogP contribution in [-0.2, 0) is 12.7 Å². The van der Waals surface area contributed by atoms with Gasteiger partial charge >= 0.3 is 12.0 Å². The Balaban J connectivity index is 1.84. The zero-order valence-corrected chi connectivity index (χ0v) is 17.1. The zero-order valence-electron chi connectivity index (χ0n) is 15.5. The molecule has 1 amide bonds. The van der Waals surface area contributed by atoms with Crippen LogP contribution in [0.15, 0.2) is 28.7 Å². The number of nitrogens with zero attached hydrogens (tertiary/aromatic N) is 4. The zero-order chi connectivity index (χ0) is 22.2. The van der Waals surface area contributed by atoms with Crippen molar-refractivity contribution in [2.24, 2.45) is 0 Å². The Morgan fingerprint density at radius 3 is 2.67 bits per heavy atom. The number of aromatic nitrogens is 4. The summed E-state index contributed by atoms with van der Waals surface area (Å²) in [6, 6.07) is 4.88. The number of halogens is 4. The third-order valence-electron chi connectivity index (χ3n) is 4.29. The lowest BCUT2D eigenvalue weighted by Gasteiger charge is -2.10. The number of aryl methyl sites for hydroxylation is 1. The van der Waals surface area contributed by atoms with E-state index in [1.54, 1.807) is 19.9 Å². The molecule has 30 heavy (non-hydrogen) atoms. The first-order valence-electron chi connectivity index (χ1n) is 8.38. The summed E-state index contributed by atoms with van der Waals surface area (Å²) in [6.45, 7) is 3.32. The molecule has 2 aromatic heterocycles. The van der Waals surface area contributed by atoms with Crippen LogP contribution in [0.25, 0.3) is 0 Å². The van der Waals surface area contributed by atoms with Crippen LogP contribution < -0.4 is 5.32 Å². The van der Waals surface area contributed by atoms with Crippen LogP contribution >= 0.6 is 15.9 Å². The summed E-state index contributed by atoms with van der Waals surface area (Å²) < 4.78 is 40.1. The second kappa shape index (κ2) is 7.89. The van der Waals surface area contributed by atoms with E-state index in [1.165, 1.54) is 10.7 Å². The van der Waals surface area contributed by atoms with Crippen LogP contribution in [0.1, 0.15) is 33.0 Å². The first-order valence-corrected chi connectivity index (χ1v) is 9.18. The third-order valence-corrected chi connectivity index (χ3v) is 5.04. The Morgan fingerprint density at radius 1 is 1.37 bits per heavy atom. The van der Waals surface area contributed by atoms with Gasteiger partial charge in [0.05, 0.1) is 29.2 Å². The second-order valence-corrected chi connectivity index (χ2v) is 7.14. The van der Waals surface area contributed by atoms with E-state index in [0.717, 1.165) is 12.1 Å². The molecule has 9 nitrogen and oxygen atoms in total. The lowest BCUT2D eigenvalue weighted by molar-refractivity contribution is -0.390. The summed E-state index contributed by atoms with van der Waals surface area (Å²) in [7, 11) is 0. The van der Waals surface area contributed by atoms with Gasteiger partial charge in [-0.15, -0.1) is 5.10 Å². The van der Waals surface area contributed by atoms with Crippen molar-refractivity contribution in [1.29, 1.82) is 0 Å². The van der Waals surface area contributed by atoms with Crippen LogP contribution in [0, 0.1) is 24.0 Å². The average molecular weight is 487 g/mol. The Labute approximate surface area is 175 Å². The molecular weight excluding hydrogens is 473 g/mol. The summed E-state index contributed by atoms with van der Waals surface area (Å²) in [5.41, 5.74) is 0.670. The SMILES string of the molecule is Cc1nn(Cc2cccc(C(F)(F)F)c2)c(C)c1NC(=O)c1n[nH]c([N+](=O)[O-])c1Br. The van der Waals surface area contributed by atoms with Gasteiger partial charge in [0.15, 0.2) is 5.69 Å². The molecule has 0 aliphatic rings. The Bertz CT molecular complexity index is 1140. The second-order valence-electron chi connectivity index (χ2n) is 6.35. The molecule has 3 rings (SSSR count). The molecule has 0 radical (unpaired) electrons. The van der Waals surface area contributed by atoms with Crippen molar-refractivity contribution in [1.82, 2.24) is 20.0 Å². The smallest absolute Gasteiger partial charge is 0.358 e. The minimum Gasteiger partial charge on any atom is -0.358 e. The molecule has 0 fully saturated rings. The standard InChI is InChI=1S/C17H14BrF3N6O3/c1-8-13(22-16(28)14-12(18)15(24-23-14)27(29)30)9(2)26(25-8)7-10-4-3-5-11(6-10)17(19,20)21/h3-6H,7H2,1-2H3,(H,22,28)(H,23,24). The van der Waals surface area contributed by atoms with Gasteiger partial charge < -0.3 is 15.4 Å². The number of benzene rings is 1. The fourth-order valence-electron chi connectivity index (χ4n) is 2.81. The maximum atomic E-state index is 12.9. The predicted octanol–water partition coefficient (Wildman–Crippen LogP) is 4.21. The van der Waals surface area contributed by atoms with Crippen molar-refractivity contribution in [3.05, 3.63) is 67.1 Å². The predicted molar refractivity (Wildman–Crippen MR) is 103 cm³/mol. The van der Waals surface area contributed by atoms with E-state index in [-0.39, 0.29) is 16.7 Å². The number of alkyl halides is 3. The van der Waals surface area contributed by atoms with Crippen molar-refractivity contribution in [2.75, 3.05) is 5.32 Å². The number of hydrogen-bond donors (Lipinski definition) is 2. The lowest BCUT2D eigenvalue weighted by Crippen LogP contribution is -2.14. The molecule has 0 unspecified atom stereocenters. The van der Waals surface area contributed by atoms with Gasteiger partial charge in [0, 0.05) is 0 Å². The van der Waals surface area contributed by atoms with Crippen LogP contribution in [0.2, 0.25) is 0 Å². The monoisotopic (exact) mass is 486 g/mol. The molecule has 1 aromatic carbocycles. The fraction of sp³-hybridized carbons (Fsp3) is 0.235. The molecule has 0 aliphatic carbocycles. The number of nitro groups is 1. The van der Waals surface area contributed by atoms with Gasteiger partial charge in [-0.05, 0) is 52.4 Å². The number of aromatic amines is 1. The molecule has 2 heterocycles. The largest absolute Gasteiger partial charge is 0.416 e. The first kappa shape index (κ1) is 21.5. The highest BCUT2D eigenvalue weighted by Crippen LogP contribution is 2.30. The highest BCUT2D eigenvalue weighted by Gasteiger charge is 2.30. The van der Waals surface area contributed by atoms with Crippen molar-refractivity contribution in [2.45, 2.75) is 26.6 Å². The average Bonchev–Trinajstić information content (AvgIpc) is 3.16. The van der Waals surface area contributed by atoms with Crippen LogP contribution in [0.3, 0.4) is 0 Å². The lowest BCUT2D eigenvalue weighted by atomic mass is 10.1. The quantitative estimate of drug-likeness (QED) is 0.413. The number of amides is 1. The number of nitrogens with one attached hydrogen (secondary N) is 2. The van der Waals surface area contributed by atoms with Crippen molar-refractivity contribution in [3.8, 4) is 0 Å². The minimum absolute atomic E-state index is 0.0596. The molecule has 3 aromatic rings. The van der Waals surface area contributed by atoms with Gasteiger partial charge in [-0.1, -0.05) is 17.2 Å². The molecule has 0 aliphatic heterocycles. The molecular formula is C17H14BrF3N6O3. The fourth-order valence-corrected chi connectivity index (χ4v) is 3.32. The maximum Gasteiger partial charge on any atom is 0.416 e. The van der Waals surface area contributed by atoms with E-state index in [4.69, 9.17) is 0 Å². The van der Waals surface area contributed by atoms with E-state index in [9.17, 15) is 28.1 Å². The molecule has 0 saturated carbocycles. The molecule has 13 heteroatoms.